The molecule has 0 aromatic heterocycles. The topological polar surface area (TPSA) is 62.1 Å². The summed E-state index contributed by atoms with van der Waals surface area (Å²) in [5.41, 5.74) is 0. The average molecular weight is 184 g/mol. The molecule has 0 fully saturated rings. The highest BCUT2D eigenvalue weighted by Crippen LogP contribution is 1.94. The van der Waals surface area contributed by atoms with Crippen molar-refractivity contribution in [1.29, 1.82) is 5.26 Å². The van der Waals surface area contributed by atoms with Crippen molar-refractivity contribution in [3.63, 3.8) is 0 Å². The van der Waals surface area contributed by atoms with E-state index in [9.17, 15) is 4.79 Å². The van der Waals surface area contributed by atoms with E-state index in [0.29, 0.717) is 13.0 Å². The number of nitrogens with one attached hydrogen (secondary N) is 1. The van der Waals surface area contributed by atoms with Gasteiger partial charge in [0.2, 0.25) is 0 Å². The molecular formula is C9H16N2O2. The number of ether oxygens (including phenoxy) is 1. The van der Waals surface area contributed by atoms with Gasteiger partial charge in [-0.3, -0.25) is 10.1 Å². The van der Waals surface area contributed by atoms with Crippen LogP contribution in [-0.2, 0) is 9.53 Å². The van der Waals surface area contributed by atoms with Crippen molar-refractivity contribution < 1.29 is 9.53 Å². The molecule has 2 atom stereocenters. The van der Waals surface area contributed by atoms with Crippen LogP contribution in [0.4, 0.5) is 0 Å². The minimum atomic E-state index is -0.412. The van der Waals surface area contributed by atoms with Crippen molar-refractivity contribution in [2.75, 3.05) is 6.61 Å². The third-order valence-corrected chi connectivity index (χ3v) is 1.66. The van der Waals surface area contributed by atoms with Crippen LogP contribution in [0, 0.1) is 11.3 Å². The number of nitriles is 1. The molecule has 13 heavy (non-hydrogen) atoms. The number of carbonyl (C=O) groups excluding carboxylic acids is 1. The van der Waals surface area contributed by atoms with E-state index in [1.54, 1.807) is 13.8 Å². The lowest BCUT2D eigenvalue weighted by molar-refractivity contribution is -0.145. The predicted molar refractivity (Wildman–Crippen MR) is 48.9 cm³/mol. The summed E-state index contributed by atoms with van der Waals surface area (Å²) in [5.74, 6) is -0.309. The summed E-state index contributed by atoms with van der Waals surface area (Å²) in [6.45, 7) is 5.71. The van der Waals surface area contributed by atoms with Gasteiger partial charge in [0.1, 0.15) is 6.04 Å². The van der Waals surface area contributed by atoms with Crippen LogP contribution in [0.25, 0.3) is 0 Å². The highest BCUT2D eigenvalue weighted by Gasteiger charge is 2.16. The second-order valence-electron chi connectivity index (χ2n) is 2.73. The molecule has 1 N–H and O–H groups in total. The van der Waals surface area contributed by atoms with Gasteiger partial charge in [0.05, 0.1) is 18.7 Å². The van der Waals surface area contributed by atoms with E-state index in [-0.39, 0.29) is 12.0 Å². The Bertz CT molecular complexity index is 198. The minimum absolute atomic E-state index is 0.278. The van der Waals surface area contributed by atoms with E-state index in [0.717, 1.165) is 0 Å². The Hall–Kier alpha value is -1.08. The van der Waals surface area contributed by atoms with Crippen LogP contribution < -0.4 is 5.32 Å². The molecule has 0 aromatic rings. The van der Waals surface area contributed by atoms with Crippen LogP contribution >= 0.6 is 0 Å². The van der Waals surface area contributed by atoms with E-state index in [1.807, 2.05) is 6.92 Å². The first kappa shape index (κ1) is 11.9. The van der Waals surface area contributed by atoms with Gasteiger partial charge in [-0.2, -0.15) is 5.26 Å². The first-order chi connectivity index (χ1) is 6.15. The van der Waals surface area contributed by atoms with Crippen molar-refractivity contribution in [3.8, 4) is 6.07 Å². The second kappa shape index (κ2) is 6.44. The molecule has 2 unspecified atom stereocenters. The smallest absolute Gasteiger partial charge is 0.322 e. The first-order valence-corrected chi connectivity index (χ1v) is 4.48. The molecule has 0 saturated heterocycles. The van der Waals surface area contributed by atoms with E-state index < -0.39 is 6.04 Å². The third kappa shape index (κ3) is 4.48. The van der Waals surface area contributed by atoms with Gasteiger partial charge < -0.3 is 4.74 Å². The van der Waals surface area contributed by atoms with E-state index in [2.05, 4.69) is 11.4 Å². The molecule has 0 spiro atoms. The standard InChI is InChI=1S/C9H16N2O2/c1-4-8(6-10)11-7(3)9(12)13-5-2/h7-8,11H,4-5H2,1-3H3. The van der Waals surface area contributed by atoms with Gasteiger partial charge in [0.25, 0.3) is 0 Å². The molecule has 74 valence electrons. The number of hydrogen-bond donors (Lipinski definition) is 1. The van der Waals surface area contributed by atoms with Crippen molar-refractivity contribution in [2.45, 2.75) is 39.3 Å². The summed E-state index contributed by atoms with van der Waals surface area (Å²) < 4.78 is 4.78. The lowest BCUT2D eigenvalue weighted by Crippen LogP contribution is -2.41. The van der Waals surface area contributed by atoms with Crippen molar-refractivity contribution >= 4 is 5.97 Å². The fourth-order valence-electron chi connectivity index (χ4n) is 0.883. The van der Waals surface area contributed by atoms with Crippen LogP contribution in [0.15, 0.2) is 0 Å². The summed E-state index contributed by atoms with van der Waals surface area (Å²) in [6, 6.07) is 1.37. The maximum absolute atomic E-state index is 11.1. The van der Waals surface area contributed by atoms with Gasteiger partial charge in [-0.1, -0.05) is 6.92 Å². The monoisotopic (exact) mass is 184 g/mol. The minimum Gasteiger partial charge on any atom is -0.465 e. The number of carbonyl (C=O) groups is 1. The lowest BCUT2D eigenvalue weighted by Gasteiger charge is -2.15. The van der Waals surface area contributed by atoms with Crippen molar-refractivity contribution in [1.82, 2.24) is 5.32 Å². The molecule has 4 nitrogen and oxygen atoms in total. The molecule has 4 heteroatoms. The quantitative estimate of drug-likeness (QED) is 0.643. The number of nitrogens with zero attached hydrogens (tertiary/aromatic N) is 1. The highest BCUT2D eigenvalue weighted by molar-refractivity contribution is 5.75. The molecule has 0 aromatic carbocycles. The SMILES string of the molecule is CCOC(=O)C(C)NC(C#N)CC. The van der Waals surface area contributed by atoms with E-state index in [4.69, 9.17) is 10.00 Å². The van der Waals surface area contributed by atoms with Gasteiger partial charge in [-0.25, -0.2) is 0 Å². The fraction of sp³-hybridized carbons (Fsp3) is 0.778. The zero-order chi connectivity index (χ0) is 10.3. The third-order valence-electron chi connectivity index (χ3n) is 1.66. The summed E-state index contributed by atoms with van der Waals surface area (Å²) in [5, 5.41) is 11.5. The Kier molecular flexibility index (Phi) is 5.90. The van der Waals surface area contributed by atoms with Crippen LogP contribution in [0.2, 0.25) is 0 Å². The molecular weight excluding hydrogens is 168 g/mol. The van der Waals surface area contributed by atoms with Gasteiger partial charge in [-0.05, 0) is 20.3 Å². The van der Waals surface area contributed by atoms with Crippen molar-refractivity contribution in [2.24, 2.45) is 0 Å². The van der Waals surface area contributed by atoms with Crippen LogP contribution in [0.5, 0.6) is 0 Å². The molecule has 0 rings (SSSR count). The Morgan fingerprint density at radius 2 is 2.23 bits per heavy atom. The van der Waals surface area contributed by atoms with Crippen LogP contribution in [0.3, 0.4) is 0 Å². The Morgan fingerprint density at radius 3 is 2.62 bits per heavy atom. The van der Waals surface area contributed by atoms with Gasteiger partial charge in [0.15, 0.2) is 0 Å². The predicted octanol–water partition coefficient (Wildman–Crippen LogP) is 0.830. The summed E-state index contributed by atoms with van der Waals surface area (Å²) in [7, 11) is 0. The maximum atomic E-state index is 11.1. The molecule has 0 saturated carbocycles. The lowest BCUT2D eigenvalue weighted by atomic mass is 10.2. The zero-order valence-electron chi connectivity index (χ0n) is 8.33. The Balaban J connectivity index is 3.91. The maximum Gasteiger partial charge on any atom is 0.322 e. The largest absolute Gasteiger partial charge is 0.465 e. The first-order valence-electron chi connectivity index (χ1n) is 4.48. The number of hydrogen-bond acceptors (Lipinski definition) is 4. The molecule has 0 amide bonds. The summed E-state index contributed by atoms with van der Waals surface area (Å²) in [6.07, 6.45) is 0.681. The number of esters is 1. The van der Waals surface area contributed by atoms with Gasteiger partial charge >= 0.3 is 5.97 Å². The molecule has 0 aliphatic carbocycles. The molecule has 0 bridgehead atoms. The van der Waals surface area contributed by atoms with Gasteiger partial charge in [0, 0.05) is 0 Å². The summed E-state index contributed by atoms with van der Waals surface area (Å²) >= 11 is 0. The normalized spacial score (nSPS) is 14.3. The van der Waals surface area contributed by atoms with Crippen LogP contribution in [0.1, 0.15) is 27.2 Å². The molecule has 0 aliphatic heterocycles. The molecule has 0 heterocycles. The highest BCUT2D eigenvalue weighted by atomic mass is 16.5. The average Bonchev–Trinajstić information content (AvgIpc) is 2.14. The summed E-state index contributed by atoms with van der Waals surface area (Å²) in [4.78, 5) is 11.1. The van der Waals surface area contributed by atoms with Crippen LogP contribution in [-0.4, -0.2) is 24.7 Å². The molecule has 0 radical (unpaired) electrons. The molecule has 0 aliphatic rings. The fourth-order valence-corrected chi connectivity index (χ4v) is 0.883. The Labute approximate surface area is 78.9 Å². The van der Waals surface area contributed by atoms with Gasteiger partial charge in [-0.15, -0.1) is 0 Å². The number of rotatable bonds is 5. The van der Waals surface area contributed by atoms with E-state index in [1.165, 1.54) is 0 Å². The van der Waals surface area contributed by atoms with Crippen molar-refractivity contribution in [3.05, 3.63) is 0 Å². The van der Waals surface area contributed by atoms with E-state index >= 15 is 0 Å². The second-order valence-corrected chi connectivity index (χ2v) is 2.73. The Morgan fingerprint density at radius 1 is 1.62 bits per heavy atom. The zero-order valence-corrected chi connectivity index (χ0v) is 8.33.